The number of alkyl halides is 3. The summed E-state index contributed by atoms with van der Waals surface area (Å²) in [5, 5.41) is 3.38. The zero-order chi connectivity index (χ0) is 11.8. The molecule has 7 heteroatoms. The Bertz CT molecular complexity index is 493. The maximum atomic E-state index is 12.2. The van der Waals surface area contributed by atoms with Gasteiger partial charge in [-0.15, -0.1) is 0 Å². The van der Waals surface area contributed by atoms with Crippen molar-refractivity contribution in [3.63, 3.8) is 0 Å². The summed E-state index contributed by atoms with van der Waals surface area (Å²) < 4.78 is 42.7. The van der Waals surface area contributed by atoms with Crippen molar-refractivity contribution in [2.75, 3.05) is 0 Å². The number of rotatable bonds is 1. The van der Waals surface area contributed by atoms with Gasteiger partial charge in [0.1, 0.15) is 12.7 Å². The van der Waals surface area contributed by atoms with E-state index in [1.54, 1.807) is 29.1 Å². The van der Waals surface area contributed by atoms with Gasteiger partial charge in [0.15, 0.2) is 12.4 Å². The SMILES string of the molecule is C[n+]1ccc(-c2cc(C(F)(F)F)on2)cc1.[Cl-]. The molecule has 0 unspecified atom stereocenters. The average Bonchev–Trinajstić information content (AvgIpc) is 2.67. The molecule has 0 fully saturated rings. The molecule has 17 heavy (non-hydrogen) atoms. The summed E-state index contributed by atoms with van der Waals surface area (Å²) >= 11 is 0. The lowest BCUT2D eigenvalue weighted by molar-refractivity contribution is -0.671. The fourth-order valence-corrected chi connectivity index (χ4v) is 1.22. The van der Waals surface area contributed by atoms with Crippen LogP contribution in [0.1, 0.15) is 5.76 Å². The van der Waals surface area contributed by atoms with Crippen LogP contribution in [0, 0.1) is 0 Å². The molecule has 0 saturated heterocycles. The number of aryl methyl sites for hydroxylation is 1. The molecule has 0 aliphatic heterocycles. The smallest absolute Gasteiger partial charge is 0.452 e. The third-order valence-corrected chi connectivity index (χ3v) is 2.06. The van der Waals surface area contributed by atoms with Gasteiger partial charge in [0.05, 0.1) is 0 Å². The summed E-state index contributed by atoms with van der Waals surface area (Å²) in [6, 6.07) is 4.21. The molecule has 2 heterocycles. The van der Waals surface area contributed by atoms with Crippen LogP contribution in [0.2, 0.25) is 0 Å². The van der Waals surface area contributed by atoms with Crippen LogP contribution in [0.4, 0.5) is 13.2 Å². The molecule has 92 valence electrons. The first-order valence-corrected chi connectivity index (χ1v) is 4.46. The van der Waals surface area contributed by atoms with Gasteiger partial charge in [-0.3, -0.25) is 0 Å². The van der Waals surface area contributed by atoms with Crippen LogP contribution in [0.15, 0.2) is 35.1 Å². The average molecular weight is 265 g/mol. The molecule has 0 atom stereocenters. The van der Waals surface area contributed by atoms with Crippen molar-refractivity contribution in [3.8, 4) is 11.3 Å². The van der Waals surface area contributed by atoms with Crippen molar-refractivity contribution in [2.24, 2.45) is 7.05 Å². The molecule has 0 radical (unpaired) electrons. The van der Waals surface area contributed by atoms with Crippen LogP contribution in [-0.2, 0) is 13.2 Å². The van der Waals surface area contributed by atoms with Gasteiger partial charge in [-0.25, -0.2) is 4.57 Å². The van der Waals surface area contributed by atoms with E-state index < -0.39 is 11.9 Å². The molecule has 0 aliphatic rings. The first-order valence-electron chi connectivity index (χ1n) is 4.46. The van der Waals surface area contributed by atoms with Crippen molar-refractivity contribution in [1.29, 1.82) is 0 Å². The Kier molecular flexibility index (Phi) is 3.77. The molecule has 0 aromatic carbocycles. The minimum absolute atomic E-state index is 0. The highest BCUT2D eigenvalue weighted by atomic mass is 35.5. The molecular formula is C10H8ClF3N2O. The monoisotopic (exact) mass is 264 g/mol. The maximum absolute atomic E-state index is 12.2. The largest absolute Gasteiger partial charge is 1.00 e. The predicted octanol–water partition coefficient (Wildman–Crippen LogP) is -0.811. The molecule has 0 saturated carbocycles. The summed E-state index contributed by atoms with van der Waals surface area (Å²) in [6.45, 7) is 0. The Balaban J connectivity index is 0.00000144. The van der Waals surface area contributed by atoms with Crippen LogP contribution < -0.4 is 17.0 Å². The second-order valence-corrected chi connectivity index (χ2v) is 3.33. The third kappa shape index (κ3) is 2.97. The first kappa shape index (κ1) is 13.5. The van der Waals surface area contributed by atoms with E-state index in [2.05, 4.69) is 9.68 Å². The number of nitrogens with zero attached hydrogens (tertiary/aromatic N) is 2. The standard InChI is InChI=1S/C10H8F3N2O.ClH/c1-15-4-2-7(3-5-15)8-6-9(16-14-8)10(11,12)13;/h2-6H,1H3;1H/q+1;/p-1. The van der Waals surface area contributed by atoms with E-state index in [1.165, 1.54) is 0 Å². The van der Waals surface area contributed by atoms with Gasteiger partial charge in [0, 0.05) is 23.8 Å². The Morgan fingerprint density at radius 3 is 2.29 bits per heavy atom. The molecule has 0 spiro atoms. The Morgan fingerprint density at radius 2 is 1.82 bits per heavy atom. The van der Waals surface area contributed by atoms with Crippen LogP contribution in [0.25, 0.3) is 11.3 Å². The summed E-state index contributed by atoms with van der Waals surface area (Å²) in [6.07, 6.45) is -1.06. The van der Waals surface area contributed by atoms with Crippen molar-refractivity contribution in [1.82, 2.24) is 5.16 Å². The van der Waals surface area contributed by atoms with Crippen molar-refractivity contribution >= 4 is 0 Å². The van der Waals surface area contributed by atoms with E-state index >= 15 is 0 Å². The van der Waals surface area contributed by atoms with E-state index in [4.69, 9.17) is 0 Å². The fraction of sp³-hybridized carbons (Fsp3) is 0.200. The van der Waals surface area contributed by atoms with E-state index in [-0.39, 0.29) is 18.1 Å². The summed E-state index contributed by atoms with van der Waals surface area (Å²) in [5.41, 5.74) is 0.755. The van der Waals surface area contributed by atoms with Crippen molar-refractivity contribution in [3.05, 3.63) is 36.4 Å². The minimum Gasteiger partial charge on any atom is -1.00 e. The number of hydrogen-bond donors (Lipinski definition) is 0. The van der Waals surface area contributed by atoms with Crippen molar-refractivity contribution < 1.29 is 34.7 Å². The Hall–Kier alpha value is -1.56. The lowest BCUT2D eigenvalue weighted by Crippen LogP contribution is -3.00. The van der Waals surface area contributed by atoms with Gasteiger partial charge in [-0.2, -0.15) is 13.2 Å². The highest BCUT2D eigenvalue weighted by Gasteiger charge is 2.36. The molecule has 0 aliphatic carbocycles. The third-order valence-electron chi connectivity index (χ3n) is 2.06. The normalized spacial score (nSPS) is 11.1. The first-order chi connectivity index (χ1) is 7.47. The number of pyridine rings is 1. The van der Waals surface area contributed by atoms with Gasteiger partial charge in [0.2, 0.25) is 5.76 Å². The van der Waals surface area contributed by atoms with E-state index in [1.807, 2.05) is 7.05 Å². The quantitative estimate of drug-likeness (QED) is 0.631. The number of hydrogen-bond acceptors (Lipinski definition) is 2. The summed E-state index contributed by atoms with van der Waals surface area (Å²) in [5.74, 6) is -1.09. The lowest BCUT2D eigenvalue weighted by atomic mass is 10.2. The molecule has 2 aromatic heterocycles. The maximum Gasteiger partial charge on any atom is 0.452 e. The molecular weight excluding hydrogens is 257 g/mol. The Labute approximate surface area is 101 Å². The second-order valence-electron chi connectivity index (χ2n) is 3.33. The van der Waals surface area contributed by atoms with E-state index in [0.717, 1.165) is 6.07 Å². The van der Waals surface area contributed by atoms with E-state index in [0.29, 0.717) is 5.56 Å². The van der Waals surface area contributed by atoms with Gasteiger partial charge >= 0.3 is 6.18 Å². The number of aromatic nitrogens is 2. The molecule has 0 N–H and O–H groups in total. The summed E-state index contributed by atoms with van der Waals surface area (Å²) in [7, 11) is 1.81. The summed E-state index contributed by atoms with van der Waals surface area (Å²) in [4.78, 5) is 0. The number of halogens is 4. The van der Waals surface area contributed by atoms with Gasteiger partial charge in [-0.1, -0.05) is 5.16 Å². The van der Waals surface area contributed by atoms with Crippen molar-refractivity contribution in [2.45, 2.75) is 6.18 Å². The highest BCUT2D eigenvalue weighted by Crippen LogP contribution is 2.31. The van der Waals surface area contributed by atoms with Crippen LogP contribution in [0.5, 0.6) is 0 Å². The molecule has 0 amide bonds. The predicted molar refractivity (Wildman–Crippen MR) is 48.1 cm³/mol. The Morgan fingerprint density at radius 1 is 1.24 bits per heavy atom. The molecule has 0 bridgehead atoms. The second kappa shape index (κ2) is 4.75. The molecule has 2 rings (SSSR count). The highest BCUT2D eigenvalue weighted by molar-refractivity contribution is 5.57. The minimum atomic E-state index is -4.50. The van der Waals surface area contributed by atoms with Gasteiger partial charge < -0.3 is 16.9 Å². The zero-order valence-electron chi connectivity index (χ0n) is 8.70. The van der Waals surface area contributed by atoms with Gasteiger partial charge in [0.25, 0.3) is 0 Å². The van der Waals surface area contributed by atoms with Crippen LogP contribution >= 0.6 is 0 Å². The fourth-order valence-electron chi connectivity index (χ4n) is 1.22. The molecule has 2 aromatic rings. The van der Waals surface area contributed by atoms with Crippen LogP contribution in [-0.4, -0.2) is 5.16 Å². The zero-order valence-corrected chi connectivity index (χ0v) is 9.46. The van der Waals surface area contributed by atoms with Crippen LogP contribution in [0.3, 0.4) is 0 Å². The topological polar surface area (TPSA) is 29.9 Å². The van der Waals surface area contributed by atoms with Gasteiger partial charge in [-0.05, 0) is 0 Å². The lowest BCUT2D eigenvalue weighted by Gasteiger charge is -1.97. The van der Waals surface area contributed by atoms with E-state index in [9.17, 15) is 13.2 Å². The molecule has 3 nitrogen and oxygen atoms in total.